The number of carbonyl (C=O) groups is 1. The van der Waals surface area contributed by atoms with Gasteiger partial charge in [0.2, 0.25) is 0 Å². The molecule has 0 unspecified atom stereocenters. The fourth-order valence-electron chi connectivity index (χ4n) is 1.77. The molecule has 0 aliphatic heterocycles. The summed E-state index contributed by atoms with van der Waals surface area (Å²) in [7, 11) is 0. The van der Waals surface area contributed by atoms with Crippen LogP contribution in [-0.2, 0) is 16.1 Å². The standard InChI is InChI=1S/C13H15N3O3/c1-2-19-10(17)8-16-13(18)11(14)12(15-16)9-6-4-3-5-7-9/h3-7,15H,2,8,14H2,1H3. The van der Waals surface area contributed by atoms with Crippen molar-refractivity contribution >= 4 is 11.7 Å². The molecule has 1 aromatic carbocycles. The summed E-state index contributed by atoms with van der Waals surface area (Å²) in [5.41, 5.74) is 6.74. The molecule has 1 aromatic heterocycles. The molecule has 0 fully saturated rings. The maximum Gasteiger partial charge on any atom is 0.327 e. The van der Waals surface area contributed by atoms with E-state index >= 15 is 0 Å². The Kier molecular flexibility index (Phi) is 3.70. The van der Waals surface area contributed by atoms with E-state index in [1.54, 1.807) is 6.92 Å². The van der Waals surface area contributed by atoms with E-state index < -0.39 is 11.5 Å². The normalized spacial score (nSPS) is 10.4. The van der Waals surface area contributed by atoms with Gasteiger partial charge in [0.1, 0.15) is 12.2 Å². The van der Waals surface area contributed by atoms with E-state index in [1.165, 1.54) is 0 Å². The predicted octanol–water partition coefficient (Wildman–Crippen LogP) is 0.989. The number of esters is 1. The highest BCUT2D eigenvalue weighted by molar-refractivity contribution is 5.73. The zero-order valence-corrected chi connectivity index (χ0v) is 10.6. The van der Waals surface area contributed by atoms with Crippen molar-refractivity contribution in [2.75, 3.05) is 12.3 Å². The van der Waals surface area contributed by atoms with Crippen LogP contribution in [-0.4, -0.2) is 22.4 Å². The molecule has 0 saturated carbocycles. The van der Waals surface area contributed by atoms with Crippen molar-refractivity contribution in [3.63, 3.8) is 0 Å². The number of nitrogens with one attached hydrogen (secondary N) is 1. The van der Waals surface area contributed by atoms with Crippen LogP contribution in [0.4, 0.5) is 5.69 Å². The molecule has 3 N–H and O–H groups in total. The minimum Gasteiger partial charge on any atom is -0.465 e. The zero-order chi connectivity index (χ0) is 13.8. The smallest absolute Gasteiger partial charge is 0.327 e. The van der Waals surface area contributed by atoms with Crippen LogP contribution in [0.3, 0.4) is 0 Å². The summed E-state index contributed by atoms with van der Waals surface area (Å²) < 4.78 is 5.94. The maximum atomic E-state index is 11.9. The third kappa shape index (κ3) is 2.67. The first-order chi connectivity index (χ1) is 9.13. The van der Waals surface area contributed by atoms with Crippen molar-refractivity contribution in [3.05, 3.63) is 40.7 Å². The average molecular weight is 261 g/mol. The van der Waals surface area contributed by atoms with Gasteiger partial charge in [-0.15, -0.1) is 0 Å². The summed E-state index contributed by atoms with van der Waals surface area (Å²) >= 11 is 0. The highest BCUT2D eigenvalue weighted by atomic mass is 16.5. The number of H-pyrrole nitrogens is 1. The molecule has 0 radical (unpaired) electrons. The van der Waals surface area contributed by atoms with Crippen LogP contribution < -0.4 is 11.3 Å². The maximum absolute atomic E-state index is 11.9. The van der Waals surface area contributed by atoms with Gasteiger partial charge < -0.3 is 10.5 Å². The number of benzene rings is 1. The first kappa shape index (κ1) is 12.9. The Bertz CT molecular complexity index is 628. The van der Waals surface area contributed by atoms with Crippen molar-refractivity contribution in [2.45, 2.75) is 13.5 Å². The lowest BCUT2D eigenvalue weighted by atomic mass is 10.1. The van der Waals surface area contributed by atoms with Gasteiger partial charge >= 0.3 is 5.97 Å². The van der Waals surface area contributed by atoms with Gasteiger partial charge in [-0.3, -0.25) is 14.7 Å². The number of nitrogen functional groups attached to an aromatic ring is 1. The second kappa shape index (κ2) is 5.43. The molecule has 0 atom stereocenters. The minimum absolute atomic E-state index is 0.0931. The van der Waals surface area contributed by atoms with Crippen LogP contribution in [0.2, 0.25) is 0 Å². The zero-order valence-electron chi connectivity index (χ0n) is 10.6. The lowest BCUT2D eigenvalue weighted by Crippen LogP contribution is -2.24. The number of nitrogens with two attached hydrogens (primary N) is 1. The summed E-state index contributed by atoms with van der Waals surface area (Å²) in [5.74, 6) is -0.481. The van der Waals surface area contributed by atoms with Gasteiger partial charge in [0.25, 0.3) is 5.56 Å². The molecule has 0 saturated heterocycles. The summed E-state index contributed by atoms with van der Waals surface area (Å²) in [6, 6.07) is 9.21. The third-order valence-corrected chi connectivity index (χ3v) is 2.65. The van der Waals surface area contributed by atoms with Gasteiger partial charge in [0.15, 0.2) is 0 Å². The Morgan fingerprint density at radius 1 is 1.37 bits per heavy atom. The fourth-order valence-corrected chi connectivity index (χ4v) is 1.77. The number of aromatic amines is 1. The van der Waals surface area contributed by atoms with E-state index in [0.29, 0.717) is 5.69 Å². The molecule has 0 bridgehead atoms. The topological polar surface area (TPSA) is 90.1 Å². The Hall–Kier alpha value is -2.50. The van der Waals surface area contributed by atoms with Crippen molar-refractivity contribution in [3.8, 4) is 11.3 Å². The Morgan fingerprint density at radius 2 is 2.05 bits per heavy atom. The first-order valence-corrected chi connectivity index (χ1v) is 5.92. The highest BCUT2D eigenvalue weighted by Gasteiger charge is 2.14. The lowest BCUT2D eigenvalue weighted by Gasteiger charge is -2.02. The van der Waals surface area contributed by atoms with Gasteiger partial charge in [-0.2, -0.15) is 0 Å². The Balaban J connectivity index is 2.34. The van der Waals surface area contributed by atoms with Crippen LogP contribution >= 0.6 is 0 Å². The van der Waals surface area contributed by atoms with E-state index in [1.807, 2.05) is 30.3 Å². The number of hydrogen-bond acceptors (Lipinski definition) is 4. The summed E-state index contributed by atoms with van der Waals surface area (Å²) in [6.07, 6.45) is 0. The van der Waals surface area contributed by atoms with E-state index in [2.05, 4.69) is 5.10 Å². The van der Waals surface area contributed by atoms with Crippen molar-refractivity contribution in [1.29, 1.82) is 0 Å². The third-order valence-electron chi connectivity index (χ3n) is 2.65. The number of hydrogen-bond donors (Lipinski definition) is 2. The molecule has 19 heavy (non-hydrogen) atoms. The van der Waals surface area contributed by atoms with Crippen molar-refractivity contribution < 1.29 is 9.53 Å². The Morgan fingerprint density at radius 3 is 2.68 bits per heavy atom. The molecule has 0 spiro atoms. The molecule has 0 aliphatic rings. The number of anilines is 1. The predicted molar refractivity (Wildman–Crippen MR) is 71.5 cm³/mol. The van der Waals surface area contributed by atoms with Gasteiger partial charge in [-0.1, -0.05) is 30.3 Å². The second-order valence-electron chi connectivity index (χ2n) is 3.96. The number of aromatic nitrogens is 2. The SMILES string of the molecule is CCOC(=O)Cn1[nH]c(-c2ccccc2)c(N)c1=O. The van der Waals surface area contributed by atoms with Gasteiger partial charge in [-0.25, -0.2) is 4.68 Å². The average Bonchev–Trinajstić information content (AvgIpc) is 2.68. The molecule has 6 nitrogen and oxygen atoms in total. The lowest BCUT2D eigenvalue weighted by molar-refractivity contribution is -0.144. The molecule has 2 aromatic rings. The van der Waals surface area contributed by atoms with Crippen LogP contribution in [0.1, 0.15) is 6.92 Å². The van der Waals surface area contributed by atoms with Crippen LogP contribution in [0.25, 0.3) is 11.3 Å². The molecule has 1 heterocycles. The molecule has 100 valence electrons. The highest BCUT2D eigenvalue weighted by Crippen LogP contribution is 2.20. The van der Waals surface area contributed by atoms with Crippen LogP contribution in [0.5, 0.6) is 0 Å². The van der Waals surface area contributed by atoms with E-state index in [-0.39, 0.29) is 18.8 Å². The number of ether oxygens (including phenoxy) is 1. The summed E-state index contributed by atoms with van der Waals surface area (Å²) in [5, 5.41) is 2.83. The number of rotatable bonds is 4. The monoisotopic (exact) mass is 261 g/mol. The quantitative estimate of drug-likeness (QED) is 0.803. The van der Waals surface area contributed by atoms with E-state index in [4.69, 9.17) is 10.5 Å². The number of carbonyl (C=O) groups excluding carboxylic acids is 1. The van der Waals surface area contributed by atoms with Crippen LogP contribution in [0, 0.1) is 0 Å². The largest absolute Gasteiger partial charge is 0.465 e. The molecule has 0 amide bonds. The summed E-state index contributed by atoms with van der Waals surface area (Å²) in [6.45, 7) is 1.80. The minimum atomic E-state index is -0.481. The molecule has 6 heteroatoms. The summed E-state index contributed by atoms with van der Waals surface area (Å²) in [4.78, 5) is 23.3. The first-order valence-electron chi connectivity index (χ1n) is 5.92. The van der Waals surface area contributed by atoms with Crippen LogP contribution in [0.15, 0.2) is 35.1 Å². The van der Waals surface area contributed by atoms with E-state index in [0.717, 1.165) is 10.2 Å². The molecular weight excluding hydrogens is 246 g/mol. The Labute approximate surface area is 109 Å². The second-order valence-corrected chi connectivity index (χ2v) is 3.96. The van der Waals surface area contributed by atoms with Gasteiger partial charge in [0, 0.05) is 5.56 Å². The van der Waals surface area contributed by atoms with Gasteiger partial charge in [0.05, 0.1) is 12.3 Å². The van der Waals surface area contributed by atoms with Crippen molar-refractivity contribution in [2.24, 2.45) is 0 Å². The van der Waals surface area contributed by atoms with Gasteiger partial charge in [-0.05, 0) is 6.92 Å². The fraction of sp³-hybridized carbons (Fsp3) is 0.231. The number of nitrogens with zero attached hydrogens (tertiary/aromatic N) is 1. The molecule has 0 aliphatic carbocycles. The molecular formula is C13H15N3O3. The van der Waals surface area contributed by atoms with E-state index in [9.17, 15) is 9.59 Å². The van der Waals surface area contributed by atoms with Crippen molar-refractivity contribution in [1.82, 2.24) is 9.78 Å². The molecule has 2 rings (SSSR count).